The number of phenolic OH excluding ortho intramolecular Hbond substituents is 1. The molecule has 1 rings (SSSR count). The number of aromatic hydroxyl groups is 1. The first-order chi connectivity index (χ1) is 10.2. The Morgan fingerprint density at radius 3 is 2.81 bits per heavy atom. The zero-order valence-electron chi connectivity index (χ0n) is 13.1. The van der Waals surface area contributed by atoms with Gasteiger partial charge in [-0.05, 0) is 49.5 Å². The van der Waals surface area contributed by atoms with Gasteiger partial charge in [-0.25, -0.2) is 0 Å². The lowest BCUT2D eigenvalue weighted by Crippen LogP contribution is -1.96. The Labute approximate surface area is 127 Å². The summed E-state index contributed by atoms with van der Waals surface area (Å²) in [6, 6.07) is 5.43. The summed E-state index contributed by atoms with van der Waals surface area (Å²) in [6.07, 6.45) is 8.82. The Hall–Kier alpha value is -1.77. The number of allylic oxidation sites excluding steroid dienone is 2. The predicted octanol–water partition coefficient (Wildman–Crippen LogP) is 4.43. The second kappa shape index (κ2) is 10.0. The number of ether oxygens (including phenoxy) is 1. The summed E-state index contributed by atoms with van der Waals surface area (Å²) in [4.78, 5) is 11.5. The van der Waals surface area contributed by atoms with Gasteiger partial charge in [-0.2, -0.15) is 0 Å². The van der Waals surface area contributed by atoms with Crippen molar-refractivity contribution in [1.82, 2.24) is 0 Å². The van der Waals surface area contributed by atoms with Gasteiger partial charge in [0.25, 0.3) is 0 Å². The number of carbonyl (C=O) groups is 1. The van der Waals surface area contributed by atoms with Gasteiger partial charge in [0.05, 0.1) is 6.61 Å². The largest absolute Gasteiger partial charge is 0.504 e. The van der Waals surface area contributed by atoms with Crippen molar-refractivity contribution in [2.75, 3.05) is 6.61 Å². The van der Waals surface area contributed by atoms with Gasteiger partial charge in [-0.15, -0.1) is 0 Å². The fraction of sp³-hybridized carbons (Fsp3) is 0.500. The number of rotatable bonds is 10. The van der Waals surface area contributed by atoms with Gasteiger partial charge in [-0.3, -0.25) is 4.79 Å². The average molecular weight is 290 g/mol. The van der Waals surface area contributed by atoms with Crippen LogP contribution in [0, 0.1) is 0 Å². The molecule has 1 aromatic carbocycles. The Kier molecular flexibility index (Phi) is 8.25. The summed E-state index contributed by atoms with van der Waals surface area (Å²) in [5.41, 5.74) is 1.10. The minimum Gasteiger partial charge on any atom is -0.504 e. The molecule has 0 atom stereocenters. The van der Waals surface area contributed by atoms with Crippen LogP contribution in [0.5, 0.6) is 11.5 Å². The van der Waals surface area contributed by atoms with Gasteiger partial charge in [-0.1, -0.05) is 32.4 Å². The highest BCUT2D eigenvalue weighted by Crippen LogP contribution is 2.27. The van der Waals surface area contributed by atoms with E-state index in [2.05, 4.69) is 6.92 Å². The summed E-state index contributed by atoms with van der Waals surface area (Å²) in [5, 5.41) is 9.70. The first-order valence-corrected chi connectivity index (χ1v) is 7.81. The number of unbranched alkanes of at least 4 members (excludes halogenated alkanes) is 1. The summed E-state index contributed by atoms with van der Waals surface area (Å²) in [6.45, 7) is 4.71. The SMILES string of the molecule is CCCCC(=O)C=CCCc1ccc(O)c(OCCC)c1. The van der Waals surface area contributed by atoms with E-state index in [1.807, 2.05) is 25.1 Å². The Morgan fingerprint density at radius 2 is 2.10 bits per heavy atom. The number of phenols is 1. The van der Waals surface area contributed by atoms with Crippen LogP contribution in [0.15, 0.2) is 30.4 Å². The molecule has 0 fully saturated rings. The number of benzene rings is 1. The quantitative estimate of drug-likeness (QED) is 0.648. The molecule has 0 spiro atoms. The summed E-state index contributed by atoms with van der Waals surface area (Å²) in [5.74, 6) is 0.921. The maximum Gasteiger partial charge on any atom is 0.161 e. The highest BCUT2D eigenvalue weighted by Gasteiger charge is 2.03. The van der Waals surface area contributed by atoms with E-state index in [-0.39, 0.29) is 11.5 Å². The molecule has 21 heavy (non-hydrogen) atoms. The molecule has 0 bridgehead atoms. The molecule has 1 aromatic rings. The standard InChI is InChI=1S/C18H26O3/c1-3-5-9-16(19)10-7-6-8-15-11-12-17(20)18(14-15)21-13-4-2/h7,10-12,14,20H,3-6,8-9,13H2,1-2H3. The second-order valence-electron chi connectivity index (χ2n) is 5.16. The lowest BCUT2D eigenvalue weighted by atomic mass is 10.1. The lowest BCUT2D eigenvalue weighted by molar-refractivity contribution is -0.114. The molecule has 3 heteroatoms. The van der Waals surface area contributed by atoms with Crippen LogP contribution in [0.25, 0.3) is 0 Å². The van der Waals surface area contributed by atoms with Gasteiger partial charge in [0.1, 0.15) is 0 Å². The Morgan fingerprint density at radius 1 is 1.29 bits per heavy atom. The lowest BCUT2D eigenvalue weighted by Gasteiger charge is -2.08. The van der Waals surface area contributed by atoms with Crippen LogP contribution in [0.2, 0.25) is 0 Å². The first-order valence-electron chi connectivity index (χ1n) is 7.81. The molecule has 1 N–H and O–H groups in total. The fourth-order valence-electron chi connectivity index (χ4n) is 1.94. The molecule has 3 nitrogen and oxygen atoms in total. The predicted molar refractivity (Wildman–Crippen MR) is 85.9 cm³/mol. The number of ketones is 1. The van der Waals surface area contributed by atoms with Crippen LogP contribution in [0.4, 0.5) is 0 Å². The summed E-state index contributed by atoms with van der Waals surface area (Å²) >= 11 is 0. The molecule has 0 amide bonds. The third kappa shape index (κ3) is 6.98. The third-order valence-electron chi connectivity index (χ3n) is 3.17. The van der Waals surface area contributed by atoms with Crippen LogP contribution in [-0.4, -0.2) is 17.5 Å². The van der Waals surface area contributed by atoms with Crippen LogP contribution < -0.4 is 4.74 Å². The van der Waals surface area contributed by atoms with Crippen LogP contribution in [0.3, 0.4) is 0 Å². The van der Waals surface area contributed by atoms with Crippen molar-refractivity contribution >= 4 is 5.78 Å². The average Bonchev–Trinajstić information content (AvgIpc) is 2.49. The van der Waals surface area contributed by atoms with E-state index in [0.717, 1.165) is 37.7 Å². The van der Waals surface area contributed by atoms with Crippen molar-refractivity contribution < 1.29 is 14.6 Å². The van der Waals surface area contributed by atoms with Gasteiger partial charge in [0.15, 0.2) is 17.3 Å². The molecule has 0 radical (unpaired) electrons. The van der Waals surface area contributed by atoms with E-state index < -0.39 is 0 Å². The van der Waals surface area contributed by atoms with Gasteiger partial charge < -0.3 is 9.84 Å². The zero-order chi connectivity index (χ0) is 15.5. The van der Waals surface area contributed by atoms with Crippen LogP contribution in [0.1, 0.15) is 51.5 Å². The summed E-state index contributed by atoms with van der Waals surface area (Å²) in [7, 11) is 0. The molecule has 0 aromatic heterocycles. The van der Waals surface area contributed by atoms with Gasteiger partial charge >= 0.3 is 0 Å². The molecule has 116 valence electrons. The molecule has 0 saturated heterocycles. The highest BCUT2D eigenvalue weighted by molar-refractivity contribution is 5.89. The second-order valence-corrected chi connectivity index (χ2v) is 5.16. The van der Waals surface area contributed by atoms with Crippen LogP contribution in [-0.2, 0) is 11.2 Å². The van der Waals surface area contributed by atoms with Gasteiger partial charge in [0, 0.05) is 6.42 Å². The van der Waals surface area contributed by atoms with Crippen molar-refractivity contribution in [2.24, 2.45) is 0 Å². The third-order valence-corrected chi connectivity index (χ3v) is 3.17. The molecule has 0 aliphatic heterocycles. The maximum atomic E-state index is 11.5. The van der Waals surface area contributed by atoms with Crippen LogP contribution >= 0.6 is 0 Å². The topological polar surface area (TPSA) is 46.5 Å². The smallest absolute Gasteiger partial charge is 0.161 e. The fourth-order valence-corrected chi connectivity index (χ4v) is 1.94. The number of hydrogen-bond donors (Lipinski definition) is 1. The number of aryl methyl sites for hydroxylation is 1. The van der Waals surface area contributed by atoms with Crippen molar-refractivity contribution in [2.45, 2.75) is 52.4 Å². The van der Waals surface area contributed by atoms with Gasteiger partial charge in [0.2, 0.25) is 0 Å². The van der Waals surface area contributed by atoms with Crippen molar-refractivity contribution in [3.8, 4) is 11.5 Å². The van der Waals surface area contributed by atoms with E-state index in [1.165, 1.54) is 0 Å². The first kappa shape index (κ1) is 17.3. The van der Waals surface area contributed by atoms with Crippen molar-refractivity contribution in [3.63, 3.8) is 0 Å². The molecule has 0 unspecified atom stereocenters. The minimum absolute atomic E-state index is 0.178. The molecular weight excluding hydrogens is 264 g/mol. The maximum absolute atomic E-state index is 11.5. The molecule has 0 aliphatic carbocycles. The molecule has 0 heterocycles. The number of carbonyl (C=O) groups excluding carboxylic acids is 1. The Bertz CT molecular complexity index is 464. The highest BCUT2D eigenvalue weighted by atomic mass is 16.5. The van der Waals surface area contributed by atoms with E-state index in [0.29, 0.717) is 18.8 Å². The molecule has 0 saturated carbocycles. The normalized spacial score (nSPS) is 11.0. The van der Waals surface area contributed by atoms with E-state index in [4.69, 9.17) is 4.74 Å². The van der Waals surface area contributed by atoms with E-state index >= 15 is 0 Å². The van der Waals surface area contributed by atoms with E-state index in [9.17, 15) is 9.90 Å². The minimum atomic E-state index is 0.178. The monoisotopic (exact) mass is 290 g/mol. The van der Waals surface area contributed by atoms with Crippen molar-refractivity contribution in [1.29, 1.82) is 0 Å². The summed E-state index contributed by atoms with van der Waals surface area (Å²) < 4.78 is 5.49. The zero-order valence-corrected chi connectivity index (χ0v) is 13.1. The molecule has 0 aliphatic rings. The van der Waals surface area contributed by atoms with E-state index in [1.54, 1.807) is 12.1 Å². The number of hydrogen-bond acceptors (Lipinski definition) is 3. The molecular formula is C18H26O3. The van der Waals surface area contributed by atoms with Crippen molar-refractivity contribution in [3.05, 3.63) is 35.9 Å². The Balaban J connectivity index is 2.44.